The SMILES string of the molecule is C=CS(=O)(=O)Nc1cccc2c(O)c(S(=O)(=O)N3CCOCC3)ccc12. The van der Waals surface area contributed by atoms with Crippen LogP contribution < -0.4 is 4.72 Å². The van der Waals surface area contributed by atoms with Crippen LogP contribution in [0.15, 0.2) is 47.2 Å². The van der Waals surface area contributed by atoms with Crippen LogP contribution >= 0.6 is 0 Å². The molecular formula is C16H18N2O6S2. The number of hydrogen-bond acceptors (Lipinski definition) is 6. The lowest BCUT2D eigenvalue weighted by Crippen LogP contribution is -2.40. The number of phenols is 1. The van der Waals surface area contributed by atoms with E-state index in [0.29, 0.717) is 18.6 Å². The van der Waals surface area contributed by atoms with E-state index in [0.717, 1.165) is 5.41 Å². The lowest BCUT2D eigenvalue weighted by atomic mass is 10.1. The molecule has 140 valence electrons. The Labute approximate surface area is 151 Å². The third-order valence-electron chi connectivity index (χ3n) is 4.06. The van der Waals surface area contributed by atoms with Gasteiger partial charge in [-0.05, 0) is 12.1 Å². The van der Waals surface area contributed by atoms with E-state index >= 15 is 0 Å². The summed E-state index contributed by atoms with van der Waals surface area (Å²) in [4.78, 5) is -0.226. The fourth-order valence-electron chi connectivity index (χ4n) is 2.74. The molecule has 0 aromatic heterocycles. The smallest absolute Gasteiger partial charge is 0.254 e. The summed E-state index contributed by atoms with van der Waals surface area (Å²) in [6.45, 7) is 4.23. The van der Waals surface area contributed by atoms with Crippen LogP contribution in [0, 0.1) is 0 Å². The lowest BCUT2D eigenvalue weighted by Gasteiger charge is -2.26. The molecule has 0 unspecified atom stereocenters. The summed E-state index contributed by atoms with van der Waals surface area (Å²) in [6, 6.07) is 7.29. The van der Waals surface area contributed by atoms with E-state index < -0.39 is 25.8 Å². The molecule has 0 aliphatic carbocycles. The summed E-state index contributed by atoms with van der Waals surface area (Å²) < 4.78 is 57.8. The molecule has 0 spiro atoms. The third-order valence-corrected chi connectivity index (χ3v) is 6.93. The van der Waals surface area contributed by atoms with Gasteiger partial charge in [-0.1, -0.05) is 24.8 Å². The quantitative estimate of drug-likeness (QED) is 0.788. The van der Waals surface area contributed by atoms with Crippen LogP contribution in [0.3, 0.4) is 0 Å². The van der Waals surface area contributed by atoms with Crippen molar-refractivity contribution in [3.05, 3.63) is 42.3 Å². The van der Waals surface area contributed by atoms with Crippen molar-refractivity contribution in [3.63, 3.8) is 0 Å². The van der Waals surface area contributed by atoms with Crippen molar-refractivity contribution < 1.29 is 26.7 Å². The van der Waals surface area contributed by atoms with Crippen LogP contribution in [0.1, 0.15) is 0 Å². The number of morpholine rings is 1. The predicted molar refractivity (Wildman–Crippen MR) is 97.9 cm³/mol. The molecule has 26 heavy (non-hydrogen) atoms. The van der Waals surface area contributed by atoms with Crippen LogP contribution in [-0.4, -0.2) is 52.6 Å². The number of hydrogen-bond donors (Lipinski definition) is 2. The first-order valence-electron chi connectivity index (χ1n) is 7.74. The van der Waals surface area contributed by atoms with E-state index in [2.05, 4.69) is 11.3 Å². The Hall–Kier alpha value is -2.14. The number of nitrogens with zero attached hydrogens (tertiary/aromatic N) is 1. The second-order valence-corrected chi connectivity index (χ2v) is 9.18. The Balaban J connectivity index is 2.11. The van der Waals surface area contributed by atoms with Crippen molar-refractivity contribution >= 4 is 36.5 Å². The van der Waals surface area contributed by atoms with Crippen molar-refractivity contribution in [2.45, 2.75) is 4.90 Å². The predicted octanol–water partition coefficient (Wildman–Crippen LogP) is 1.45. The van der Waals surface area contributed by atoms with Gasteiger partial charge in [0.15, 0.2) is 0 Å². The van der Waals surface area contributed by atoms with E-state index in [-0.39, 0.29) is 29.1 Å². The molecular weight excluding hydrogens is 380 g/mol. The minimum atomic E-state index is -3.89. The van der Waals surface area contributed by atoms with Gasteiger partial charge in [0.25, 0.3) is 10.0 Å². The molecule has 1 saturated heterocycles. The summed E-state index contributed by atoms with van der Waals surface area (Å²) in [6.07, 6.45) is 0. The van der Waals surface area contributed by atoms with E-state index in [1.807, 2.05) is 0 Å². The zero-order valence-corrected chi connectivity index (χ0v) is 15.4. The van der Waals surface area contributed by atoms with Crippen molar-refractivity contribution in [1.82, 2.24) is 4.31 Å². The Morgan fingerprint density at radius 2 is 1.77 bits per heavy atom. The molecule has 1 fully saturated rings. The highest BCUT2D eigenvalue weighted by Gasteiger charge is 2.29. The van der Waals surface area contributed by atoms with Gasteiger partial charge in [-0.25, -0.2) is 16.8 Å². The fourth-order valence-corrected chi connectivity index (χ4v) is 4.81. The van der Waals surface area contributed by atoms with Crippen molar-refractivity contribution in [2.75, 3.05) is 31.0 Å². The number of benzene rings is 2. The molecule has 1 heterocycles. The average molecular weight is 398 g/mol. The van der Waals surface area contributed by atoms with Gasteiger partial charge < -0.3 is 9.84 Å². The summed E-state index contributed by atoms with van der Waals surface area (Å²) in [7, 11) is -7.63. The molecule has 2 aromatic rings. The second-order valence-electron chi connectivity index (χ2n) is 5.64. The van der Waals surface area contributed by atoms with E-state index in [1.165, 1.54) is 34.6 Å². The maximum atomic E-state index is 12.8. The highest BCUT2D eigenvalue weighted by molar-refractivity contribution is 7.95. The summed E-state index contributed by atoms with van der Waals surface area (Å²) >= 11 is 0. The maximum absolute atomic E-state index is 12.8. The molecule has 2 aromatic carbocycles. The van der Waals surface area contributed by atoms with Gasteiger partial charge in [0, 0.05) is 29.3 Å². The molecule has 0 atom stereocenters. The van der Waals surface area contributed by atoms with Crippen LogP contribution in [0.25, 0.3) is 10.8 Å². The normalized spacial score (nSPS) is 16.5. The highest BCUT2D eigenvalue weighted by atomic mass is 32.2. The van der Waals surface area contributed by atoms with Gasteiger partial charge >= 0.3 is 0 Å². The summed E-state index contributed by atoms with van der Waals surface area (Å²) in [5, 5.41) is 11.9. The molecule has 3 rings (SSSR count). The molecule has 0 bridgehead atoms. The standard InChI is InChI=1S/C16H18N2O6S2/c1-2-25(20,21)17-14-5-3-4-13-12(14)6-7-15(16(13)19)26(22,23)18-8-10-24-11-9-18/h2-7,17,19H,1,8-11H2. The molecule has 2 N–H and O–H groups in total. The van der Waals surface area contributed by atoms with Gasteiger partial charge in [-0.3, -0.25) is 4.72 Å². The zero-order chi connectivity index (χ0) is 18.9. The maximum Gasteiger partial charge on any atom is 0.254 e. The number of fused-ring (bicyclic) bond motifs is 1. The topological polar surface area (TPSA) is 113 Å². The second kappa shape index (κ2) is 6.88. The van der Waals surface area contributed by atoms with Gasteiger partial charge in [0.2, 0.25) is 10.0 Å². The Morgan fingerprint density at radius 1 is 1.08 bits per heavy atom. The number of aromatic hydroxyl groups is 1. The number of ether oxygens (including phenoxy) is 1. The van der Waals surface area contributed by atoms with Crippen LogP contribution in [0.2, 0.25) is 0 Å². The fraction of sp³-hybridized carbons (Fsp3) is 0.250. The first-order valence-corrected chi connectivity index (χ1v) is 10.7. The molecule has 0 radical (unpaired) electrons. The Morgan fingerprint density at radius 3 is 2.42 bits per heavy atom. The zero-order valence-electron chi connectivity index (χ0n) is 13.8. The molecule has 0 amide bonds. The third kappa shape index (κ3) is 3.40. The van der Waals surface area contributed by atoms with Crippen molar-refractivity contribution in [3.8, 4) is 5.75 Å². The van der Waals surface area contributed by atoms with Crippen molar-refractivity contribution in [2.24, 2.45) is 0 Å². The molecule has 8 nitrogen and oxygen atoms in total. The molecule has 1 aliphatic heterocycles. The van der Waals surface area contributed by atoms with Gasteiger partial charge in [-0.2, -0.15) is 4.31 Å². The summed E-state index contributed by atoms with van der Waals surface area (Å²) in [5.74, 6) is -0.423. The monoisotopic (exact) mass is 398 g/mol. The number of rotatable bonds is 5. The number of nitrogens with one attached hydrogen (secondary N) is 1. The molecule has 1 aliphatic rings. The van der Waals surface area contributed by atoms with Gasteiger partial charge in [-0.15, -0.1) is 0 Å². The highest BCUT2D eigenvalue weighted by Crippen LogP contribution is 2.37. The van der Waals surface area contributed by atoms with Crippen LogP contribution in [-0.2, 0) is 24.8 Å². The number of sulfonamides is 2. The van der Waals surface area contributed by atoms with E-state index in [1.54, 1.807) is 0 Å². The Bertz CT molecular complexity index is 1060. The molecule has 10 heteroatoms. The van der Waals surface area contributed by atoms with E-state index in [9.17, 15) is 21.9 Å². The van der Waals surface area contributed by atoms with E-state index in [4.69, 9.17) is 4.74 Å². The lowest BCUT2D eigenvalue weighted by molar-refractivity contribution is 0.0730. The Kier molecular flexibility index (Phi) is 4.93. The van der Waals surface area contributed by atoms with Crippen LogP contribution in [0.5, 0.6) is 5.75 Å². The molecule has 0 saturated carbocycles. The van der Waals surface area contributed by atoms with Gasteiger partial charge in [0.05, 0.1) is 18.9 Å². The minimum Gasteiger partial charge on any atom is -0.506 e. The largest absolute Gasteiger partial charge is 0.506 e. The van der Waals surface area contributed by atoms with Crippen LogP contribution in [0.4, 0.5) is 5.69 Å². The van der Waals surface area contributed by atoms with Gasteiger partial charge in [0.1, 0.15) is 10.6 Å². The average Bonchev–Trinajstić information content (AvgIpc) is 2.63. The number of phenolic OH excluding ortho intramolecular Hbond substituents is 1. The first kappa shape index (κ1) is 18.6. The minimum absolute atomic E-state index is 0.207. The van der Waals surface area contributed by atoms with Crippen molar-refractivity contribution in [1.29, 1.82) is 0 Å². The summed E-state index contributed by atoms with van der Waals surface area (Å²) in [5.41, 5.74) is 0.216. The number of anilines is 1. The first-order chi connectivity index (χ1) is 12.3.